The van der Waals surface area contributed by atoms with Gasteiger partial charge in [0, 0.05) is 33.0 Å². The molecule has 2 N–H and O–H groups in total. The van der Waals surface area contributed by atoms with E-state index in [4.69, 9.17) is 0 Å². The first-order chi connectivity index (χ1) is 25.1. The van der Waals surface area contributed by atoms with E-state index in [1.165, 1.54) is 48.5 Å². The highest BCUT2D eigenvalue weighted by atomic mass is 19.4. The molecule has 0 radical (unpaired) electrons. The number of halogens is 6. The first kappa shape index (κ1) is 33.4. The van der Waals surface area contributed by atoms with Gasteiger partial charge in [-0.25, -0.2) is 9.80 Å². The summed E-state index contributed by atoms with van der Waals surface area (Å²) in [5.41, 5.74) is -10.4. The summed E-state index contributed by atoms with van der Waals surface area (Å²) in [7, 11) is 0. The van der Waals surface area contributed by atoms with Crippen molar-refractivity contribution in [1.29, 1.82) is 0 Å². The smallest absolute Gasteiger partial charge is 0.411 e. The van der Waals surface area contributed by atoms with E-state index in [0.717, 1.165) is 0 Å². The molecule has 2 heterocycles. The van der Waals surface area contributed by atoms with Gasteiger partial charge >= 0.3 is 12.4 Å². The largest absolute Gasteiger partial charge is 0.506 e. The van der Waals surface area contributed by atoms with Crippen LogP contribution in [0, 0.1) is 0 Å². The standard InChI is InChI=1S/C39H20F6N2O6/c40-38(41,42)37(39(43,44)45,21-13-15-29(48)27(17-21)46-33(50)23-9-1-5-19-6-2-10-24(31(19)23)34(46)51)22-14-16-30(49)28(18-22)47-35(52)25-11-3-7-20-8-4-12-26(32(20)25)36(47)53/h1-18,48-49H. The molecule has 2 aliphatic rings. The van der Waals surface area contributed by atoms with E-state index in [9.17, 15) is 29.4 Å². The van der Waals surface area contributed by atoms with Crippen LogP contribution in [0.5, 0.6) is 11.5 Å². The maximum atomic E-state index is 15.5. The number of carbonyl (C=O) groups excluding carboxylic acids is 4. The Hall–Kier alpha value is -6.70. The molecular formula is C39H20F6N2O6. The number of phenols is 2. The molecule has 0 atom stereocenters. The number of imide groups is 2. The van der Waals surface area contributed by atoms with Crippen molar-refractivity contribution in [2.75, 3.05) is 9.80 Å². The van der Waals surface area contributed by atoms with E-state index >= 15 is 26.3 Å². The molecule has 0 aliphatic carbocycles. The lowest BCUT2D eigenvalue weighted by atomic mass is 9.72. The lowest BCUT2D eigenvalue weighted by molar-refractivity contribution is -0.288. The lowest BCUT2D eigenvalue weighted by Crippen LogP contribution is -2.55. The van der Waals surface area contributed by atoms with Gasteiger partial charge in [0.25, 0.3) is 23.6 Å². The second-order valence-corrected chi connectivity index (χ2v) is 12.5. The normalized spacial score (nSPS) is 14.8. The maximum absolute atomic E-state index is 15.5. The van der Waals surface area contributed by atoms with Crippen LogP contribution in [-0.4, -0.2) is 46.2 Å². The highest BCUT2D eigenvalue weighted by Gasteiger charge is 2.73. The van der Waals surface area contributed by atoms with Gasteiger partial charge in [0.2, 0.25) is 5.41 Å². The van der Waals surface area contributed by atoms with E-state index in [0.29, 0.717) is 44.8 Å². The van der Waals surface area contributed by atoms with Crippen LogP contribution in [0.25, 0.3) is 21.5 Å². The zero-order valence-corrected chi connectivity index (χ0v) is 26.6. The molecule has 6 aromatic rings. The number of amides is 4. The number of alkyl halides is 6. The van der Waals surface area contributed by atoms with Gasteiger partial charge in [-0.05, 0) is 70.4 Å². The molecular weight excluding hydrogens is 706 g/mol. The monoisotopic (exact) mass is 726 g/mol. The quantitative estimate of drug-likeness (QED) is 0.139. The summed E-state index contributed by atoms with van der Waals surface area (Å²) in [6.07, 6.45) is -12.5. The number of benzene rings is 6. The third kappa shape index (κ3) is 4.51. The van der Waals surface area contributed by atoms with Crippen molar-refractivity contribution in [1.82, 2.24) is 0 Å². The molecule has 8 nitrogen and oxygen atoms in total. The van der Waals surface area contributed by atoms with Gasteiger partial charge in [-0.15, -0.1) is 0 Å². The summed E-state index contributed by atoms with van der Waals surface area (Å²) in [4.78, 5) is 55.5. The van der Waals surface area contributed by atoms with Gasteiger partial charge in [-0.2, -0.15) is 26.3 Å². The van der Waals surface area contributed by atoms with E-state index in [2.05, 4.69) is 0 Å². The molecule has 264 valence electrons. The Balaban J connectivity index is 1.33. The number of phenolic OH excluding ortho intramolecular Hbond substituents is 2. The van der Waals surface area contributed by atoms with Crippen molar-refractivity contribution in [3.63, 3.8) is 0 Å². The summed E-state index contributed by atoms with van der Waals surface area (Å²) in [5.74, 6) is -6.41. The highest BCUT2D eigenvalue weighted by molar-refractivity contribution is 6.37. The van der Waals surface area contributed by atoms with Crippen molar-refractivity contribution in [2.24, 2.45) is 0 Å². The van der Waals surface area contributed by atoms with E-state index in [-0.39, 0.29) is 45.2 Å². The molecule has 53 heavy (non-hydrogen) atoms. The zero-order valence-electron chi connectivity index (χ0n) is 26.6. The summed E-state index contributed by atoms with van der Waals surface area (Å²) in [6, 6.07) is 19.8. The Morgan fingerprint density at radius 1 is 0.434 bits per heavy atom. The topological polar surface area (TPSA) is 115 Å². The molecule has 0 bridgehead atoms. The number of rotatable bonds is 4. The molecule has 0 aromatic heterocycles. The van der Waals surface area contributed by atoms with Crippen LogP contribution in [0.1, 0.15) is 52.6 Å². The number of hydrogen-bond donors (Lipinski definition) is 2. The molecule has 0 spiro atoms. The van der Waals surface area contributed by atoms with Crippen molar-refractivity contribution < 1.29 is 55.7 Å². The lowest BCUT2D eigenvalue weighted by Gasteiger charge is -2.39. The average Bonchev–Trinajstić information content (AvgIpc) is 3.11. The van der Waals surface area contributed by atoms with Crippen LogP contribution in [-0.2, 0) is 5.41 Å². The van der Waals surface area contributed by atoms with Crippen LogP contribution in [0.15, 0.2) is 109 Å². The Labute approximate surface area is 293 Å². The second-order valence-electron chi connectivity index (χ2n) is 12.5. The maximum Gasteiger partial charge on any atom is 0.411 e. The molecule has 0 saturated heterocycles. The number of anilines is 2. The third-order valence-corrected chi connectivity index (χ3v) is 9.69. The zero-order chi connectivity index (χ0) is 37.8. The Kier molecular flexibility index (Phi) is 7.03. The Bertz CT molecular complexity index is 2350. The van der Waals surface area contributed by atoms with Crippen LogP contribution in [0.4, 0.5) is 37.7 Å². The van der Waals surface area contributed by atoms with Crippen molar-refractivity contribution in [2.45, 2.75) is 17.8 Å². The van der Waals surface area contributed by atoms with Crippen molar-refractivity contribution in [3.05, 3.63) is 143 Å². The van der Waals surface area contributed by atoms with Gasteiger partial charge in [-0.3, -0.25) is 19.2 Å². The van der Waals surface area contributed by atoms with Gasteiger partial charge in [0.1, 0.15) is 11.5 Å². The fourth-order valence-electron chi connectivity index (χ4n) is 7.35. The second kappa shape index (κ2) is 11.1. The summed E-state index contributed by atoms with van der Waals surface area (Å²) >= 11 is 0. The summed E-state index contributed by atoms with van der Waals surface area (Å²) < 4.78 is 92.7. The molecule has 6 aromatic carbocycles. The van der Waals surface area contributed by atoms with Gasteiger partial charge in [0.15, 0.2) is 0 Å². The molecule has 2 aliphatic heterocycles. The van der Waals surface area contributed by atoms with E-state index in [1.54, 1.807) is 24.3 Å². The fraction of sp³-hybridized carbons (Fsp3) is 0.0769. The predicted molar refractivity (Wildman–Crippen MR) is 179 cm³/mol. The van der Waals surface area contributed by atoms with Crippen molar-refractivity contribution >= 4 is 56.5 Å². The van der Waals surface area contributed by atoms with Gasteiger partial charge < -0.3 is 10.2 Å². The Morgan fingerprint density at radius 3 is 1.02 bits per heavy atom. The minimum absolute atomic E-state index is 0.0864. The highest BCUT2D eigenvalue weighted by Crippen LogP contribution is 2.58. The number of hydrogen-bond acceptors (Lipinski definition) is 6. The van der Waals surface area contributed by atoms with Crippen LogP contribution < -0.4 is 9.80 Å². The van der Waals surface area contributed by atoms with Crippen LogP contribution in [0.2, 0.25) is 0 Å². The Morgan fingerprint density at radius 2 is 0.736 bits per heavy atom. The van der Waals surface area contributed by atoms with Gasteiger partial charge in [0.05, 0.1) is 11.4 Å². The number of carbonyl (C=O) groups is 4. The molecule has 14 heteroatoms. The average molecular weight is 727 g/mol. The van der Waals surface area contributed by atoms with Gasteiger partial charge in [-0.1, -0.05) is 60.7 Å². The molecule has 8 rings (SSSR count). The first-order valence-electron chi connectivity index (χ1n) is 15.7. The third-order valence-electron chi connectivity index (χ3n) is 9.69. The molecule has 0 fully saturated rings. The van der Waals surface area contributed by atoms with Crippen LogP contribution >= 0.6 is 0 Å². The number of aromatic hydroxyl groups is 2. The fourth-order valence-corrected chi connectivity index (χ4v) is 7.35. The summed E-state index contributed by atoms with van der Waals surface area (Å²) in [6.45, 7) is 0. The minimum atomic E-state index is -6.24. The minimum Gasteiger partial charge on any atom is -0.506 e. The van der Waals surface area contributed by atoms with Crippen LogP contribution in [0.3, 0.4) is 0 Å². The first-order valence-corrected chi connectivity index (χ1v) is 15.7. The molecule has 0 unspecified atom stereocenters. The van der Waals surface area contributed by atoms with E-state index < -0.39 is 75.4 Å². The molecule has 4 amide bonds. The SMILES string of the molecule is O=C1c2cccc3cccc(c23)C(=O)N1c1cc(C(c2ccc(O)c(N3C(=O)c4cccc5cccc(c45)C3=O)c2)(C(F)(F)F)C(F)(F)F)ccc1O. The summed E-state index contributed by atoms with van der Waals surface area (Å²) in [5, 5.41) is 23.1. The predicted octanol–water partition coefficient (Wildman–Crippen LogP) is 8.42. The van der Waals surface area contributed by atoms with E-state index in [1.807, 2.05) is 0 Å². The molecule has 0 saturated carbocycles. The van der Waals surface area contributed by atoms with Crippen molar-refractivity contribution in [3.8, 4) is 11.5 Å². The number of nitrogens with zero attached hydrogens (tertiary/aromatic N) is 2.